The molecule has 0 spiro atoms. The van der Waals surface area contributed by atoms with Crippen molar-refractivity contribution in [3.63, 3.8) is 0 Å². The van der Waals surface area contributed by atoms with Crippen LogP contribution >= 0.6 is 0 Å². The number of likely N-dealkylation sites (N-methyl/N-ethyl adjacent to an activating group) is 1. The number of carbonyl (C=O) groups excluding carboxylic acids is 2. The van der Waals surface area contributed by atoms with E-state index in [1.807, 2.05) is 25.7 Å². The molecule has 17 heavy (non-hydrogen) atoms. The molecule has 0 aliphatic rings. The predicted octanol–water partition coefficient (Wildman–Crippen LogP) is 0.786. The van der Waals surface area contributed by atoms with E-state index in [0.29, 0.717) is 19.5 Å². The number of amides is 1. The van der Waals surface area contributed by atoms with Gasteiger partial charge in [0.2, 0.25) is 5.91 Å². The molecule has 5 nitrogen and oxygen atoms in total. The topological polar surface area (TPSA) is 58.6 Å². The Bertz CT molecular complexity index is 244. The van der Waals surface area contributed by atoms with E-state index in [0.717, 1.165) is 13.0 Å². The van der Waals surface area contributed by atoms with Crippen molar-refractivity contribution in [1.82, 2.24) is 10.2 Å². The third-order valence-electron chi connectivity index (χ3n) is 2.71. The zero-order chi connectivity index (χ0) is 13.3. The van der Waals surface area contributed by atoms with Gasteiger partial charge in [-0.15, -0.1) is 0 Å². The zero-order valence-corrected chi connectivity index (χ0v) is 11.3. The first-order chi connectivity index (χ1) is 8.06. The minimum absolute atomic E-state index is 0.0126. The molecule has 0 heterocycles. The molecule has 0 radical (unpaired) electrons. The van der Waals surface area contributed by atoms with Gasteiger partial charge in [-0.2, -0.15) is 0 Å². The first-order valence-corrected chi connectivity index (χ1v) is 6.15. The summed E-state index contributed by atoms with van der Waals surface area (Å²) in [5, 5.41) is 2.85. The van der Waals surface area contributed by atoms with Gasteiger partial charge in [-0.3, -0.25) is 14.5 Å². The van der Waals surface area contributed by atoms with Crippen LogP contribution in [-0.4, -0.2) is 49.6 Å². The fraction of sp³-hybridized carbons (Fsp3) is 0.833. The Kier molecular flexibility index (Phi) is 8.40. The maximum atomic E-state index is 11.7. The zero-order valence-electron chi connectivity index (χ0n) is 11.3. The Hall–Kier alpha value is -1.10. The molecule has 0 bridgehead atoms. The van der Waals surface area contributed by atoms with E-state index < -0.39 is 0 Å². The van der Waals surface area contributed by atoms with Gasteiger partial charge in [0.25, 0.3) is 0 Å². The predicted molar refractivity (Wildman–Crippen MR) is 66.6 cm³/mol. The molecule has 0 fully saturated rings. The molecular formula is C12H24N2O3. The van der Waals surface area contributed by atoms with Crippen molar-refractivity contribution >= 4 is 11.9 Å². The van der Waals surface area contributed by atoms with Crippen molar-refractivity contribution in [3.8, 4) is 0 Å². The van der Waals surface area contributed by atoms with Crippen LogP contribution in [0.25, 0.3) is 0 Å². The molecule has 5 heteroatoms. The van der Waals surface area contributed by atoms with Gasteiger partial charge in [-0.25, -0.2) is 0 Å². The van der Waals surface area contributed by atoms with E-state index in [-0.39, 0.29) is 17.9 Å². The second-order valence-corrected chi connectivity index (χ2v) is 3.92. The molecule has 1 N–H and O–H groups in total. The van der Waals surface area contributed by atoms with E-state index in [1.165, 1.54) is 7.11 Å². The lowest BCUT2D eigenvalue weighted by Crippen LogP contribution is -2.46. The number of methoxy groups -OCH3 is 1. The Labute approximate surface area is 103 Å². The van der Waals surface area contributed by atoms with Gasteiger partial charge in [0, 0.05) is 13.1 Å². The fourth-order valence-corrected chi connectivity index (χ4v) is 1.52. The van der Waals surface area contributed by atoms with Gasteiger partial charge >= 0.3 is 5.97 Å². The first-order valence-electron chi connectivity index (χ1n) is 6.15. The van der Waals surface area contributed by atoms with Crippen LogP contribution in [0, 0.1) is 0 Å². The highest BCUT2D eigenvalue weighted by Gasteiger charge is 2.19. The van der Waals surface area contributed by atoms with E-state index in [1.54, 1.807) is 0 Å². The number of nitrogens with one attached hydrogen (secondary N) is 1. The molecule has 0 saturated carbocycles. The lowest BCUT2D eigenvalue weighted by molar-refractivity contribution is -0.141. The summed E-state index contributed by atoms with van der Waals surface area (Å²) in [5.74, 6) is -0.233. The number of hydrogen-bond donors (Lipinski definition) is 1. The normalized spacial score (nSPS) is 12.3. The standard InChI is InChI=1S/C12H24N2O3/c1-5-8-13-12(16)10(3)14(6-2)9-7-11(15)17-4/h10H,5-9H2,1-4H3,(H,13,16). The van der Waals surface area contributed by atoms with Crippen molar-refractivity contribution in [3.05, 3.63) is 0 Å². The monoisotopic (exact) mass is 244 g/mol. The molecule has 0 rings (SSSR count). The highest BCUT2D eigenvalue weighted by molar-refractivity contribution is 5.81. The van der Waals surface area contributed by atoms with Crippen LogP contribution in [-0.2, 0) is 14.3 Å². The van der Waals surface area contributed by atoms with E-state index in [4.69, 9.17) is 0 Å². The largest absolute Gasteiger partial charge is 0.469 e. The van der Waals surface area contributed by atoms with Gasteiger partial charge in [-0.1, -0.05) is 13.8 Å². The number of carbonyl (C=O) groups is 2. The molecule has 0 aliphatic carbocycles. The van der Waals surface area contributed by atoms with Gasteiger partial charge in [-0.05, 0) is 19.9 Å². The molecule has 0 aromatic rings. The smallest absolute Gasteiger partial charge is 0.306 e. The fourth-order valence-electron chi connectivity index (χ4n) is 1.52. The molecule has 0 aromatic heterocycles. The Morgan fingerprint density at radius 2 is 2.00 bits per heavy atom. The minimum Gasteiger partial charge on any atom is -0.469 e. The van der Waals surface area contributed by atoms with Crippen LogP contribution in [0.4, 0.5) is 0 Å². The molecular weight excluding hydrogens is 220 g/mol. The van der Waals surface area contributed by atoms with Crippen molar-refractivity contribution < 1.29 is 14.3 Å². The summed E-state index contributed by atoms with van der Waals surface area (Å²) in [4.78, 5) is 24.8. The van der Waals surface area contributed by atoms with Crippen molar-refractivity contribution in [2.45, 2.75) is 39.7 Å². The Balaban J connectivity index is 4.14. The third-order valence-corrected chi connectivity index (χ3v) is 2.71. The lowest BCUT2D eigenvalue weighted by atomic mass is 10.2. The molecule has 1 unspecified atom stereocenters. The summed E-state index contributed by atoms with van der Waals surface area (Å²) in [5.41, 5.74) is 0. The molecule has 100 valence electrons. The average molecular weight is 244 g/mol. The molecule has 0 saturated heterocycles. The van der Waals surface area contributed by atoms with Gasteiger partial charge in [0.05, 0.1) is 19.6 Å². The summed E-state index contributed by atoms with van der Waals surface area (Å²) in [6, 6.07) is -0.212. The lowest BCUT2D eigenvalue weighted by Gasteiger charge is -2.26. The van der Waals surface area contributed by atoms with Gasteiger partial charge in [0.1, 0.15) is 0 Å². The van der Waals surface area contributed by atoms with E-state index >= 15 is 0 Å². The van der Waals surface area contributed by atoms with E-state index in [2.05, 4.69) is 10.1 Å². The molecule has 0 aromatic carbocycles. The van der Waals surface area contributed by atoms with Crippen molar-refractivity contribution in [2.24, 2.45) is 0 Å². The average Bonchev–Trinajstić information content (AvgIpc) is 2.35. The van der Waals surface area contributed by atoms with Crippen LogP contribution in [0.2, 0.25) is 0 Å². The van der Waals surface area contributed by atoms with E-state index in [9.17, 15) is 9.59 Å². The summed E-state index contributed by atoms with van der Waals surface area (Å²) < 4.78 is 4.58. The highest BCUT2D eigenvalue weighted by atomic mass is 16.5. The second kappa shape index (κ2) is 8.98. The quantitative estimate of drug-likeness (QED) is 0.641. The Morgan fingerprint density at radius 1 is 1.35 bits per heavy atom. The summed E-state index contributed by atoms with van der Waals surface area (Å²) in [6.07, 6.45) is 1.24. The Morgan fingerprint density at radius 3 is 2.47 bits per heavy atom. The number of rotatable bonds is 8. The van der Waals surface area contributed by atoms with Crippen LogP contribution in [0.3, 0.4) is 0 Å². The summed E-state index contributed by atoms with van der Waals surface area (Å²) >= 11 is 0. The van der Waals surface area contributed by atoms with Crippen molar-refractivity contribution in [2.75, 3.05) is 26.7 Å². The molecule has 1 amide bonds. The van der Waals surface area contributed by atoms with Crippen LogP contribution in [0.1, 0.15) is 33.6 Å². The highest BCUT2D eigenvalue weighted by Crippen LogP contribution is 2.01. The maximum Gasteiger partial charge on any atom is 0.306 e. The first kappa shape index (κ1) is 15.9. The van der Waals surface area contributed by atoms with Gasteiger partial charge in [0.15, 0.2) is 0 Å². The third kappa shape index (κ3) is 6.26. The number of nitrogens with zero attached hydrogens (tertiary/aromatic N) is 1. The SMILES string of the molecule is CCCNC(=O)C(C)N(CC)CCC(=O)OC. The minimum atomic E-state index is -0.246. The molecule has 0 aliphatic heterocycles. The summed E-state index contributed by atoms with van der Waals surface area (Å²) in [6.45, 7) is 7.81. The van der Waals surface area contributed by atoms with Crippen LogP contribution < -0.4 is 5.32 Å². The van der Waals surface area contributed by atoms with Crippen LogP contribution in [0.5, 0.6) is 0 Å². The second-order valence-electron chi connectivity index (χ2n) is 3.92. The number of hydrogen-bond acceptors (Lipinski definition) is 4. The van der Waals surface area contributed by atoms with Gasteiger partial charge < -0.3 is 10.1 Å². The van der Waals surface area contributed by atoms with Crippen LogP contribution in [0.15, 0.2) is 0 Å². The summed E-state index contributed by atoms with van der Waals surface area (Å²) in [7, 11) is 1.37. The number of ether oxygens (including phenoxy) is 1. The number of esters is 1. The van der Waals surface area contributed by atoms with Crippen molar-refractivity contribution in [1.29, 1.82) is 0 Å². The maximum absolute atomic E-state index is 11.7. The molecule has 1 atom stereocenters.